The van der Waals surface area contributed by atoms with Gasteiger partial charge in [0.05, 0.1) is 35.1 Å². The van der Waals surface area contributed by atoms with E-state index in [9.17, 15) is 26.7 Å². The Bertz CT molecular complexity index is 1180. The van der Waals surface area contributed by atoms with Gasteiger partial charge in [0.25, 0.3) is 5.62 Å². The van der Waals surface area contributed by atoms with Crippen molar-refractivity contribution in [3.05, 3.63) is 65.7 Å². The van der Waals surface area contributed by atoms with Crippen LogP contribution in [0.4, 0.5) is 18.9 Å². The highest BCUT2D eigenvalue weighted by atomic mass is 32.2. The van der Waals surface area contributed by atoms with Crippen LogP contribution in [0, 0.1) is 0 Å². The van der Waals surface area contributed by atoms with Gasteiger partial charge in [-0.2, -0.15) is 18.3 Å². The third-order valence-corrected chi connectivity index (χ3v) is 7.25. The normalized spacial score (nSPS) is 15.9. The Balaban J connectivity index is 2.00. The zero-order chi connectivity index (χ0) is 26.5. The highest BCUT2D eigenvalue weighted by Gasteiger charge is 2.42. The fraction of sp³-hybridized carbons (Fsp3) is 0.375. The largest absolute Gasteiger partial charge is 0.417 e. The third-order valence-electron chi connectivity index (χ3n) is 5.58. The molecule has 1 N–H and O–H groups in total. The molecular weight excluding hydrogens is 499 g/mol. The molecule has 0 aliphatic carbocycles. The minimum atomic E-state index is -5.03. The molecule has 1 fully saturated rings. The van der Waals surface area contributed by atoms with Gasteiger partial charge in [-0.1, -0.05) is 30.8 Å². The summed E-state index contributed by atoms with van der Waals surface area (Å²) in [6, 6.07) is 9.88. The van der Waals surface area contributed by atoms with E-state index >= 15 is 0 Å². The molecule has 0 aromatic heterocycles. The molecule has 2 aromatic carbocycles. The molecule has 1 atom stereocenters. The van der Waals surface area contributed by atoms with Crippen LogP contribution >= 0.6 is 0 Å². The first-order valence-corrected chi connectivity index (χ1v) is 12.6. The molecule has 0 bridgehead atoms. The van der Waals surface area contributed by atoms with Crippen LogP contribution in [0.1, 0.15) is 23.6 Å². The number of halogens is 3. The number of rotatable bonds is 10. The second-order valence-corrected chi connectivity index (χ2v) is 9.84. The summed E-state index contributed by atoms with van der Waals surface area (Å²) in [5.74, 6) is 0. The summed E-state index contributed by atoms with van der Waals surface area (Å²) in [6.07, 6.45) is -5.03. The predicted molar refractivity (Wildman–Crippen MR) is 130 cm³/mol. The zero-order valence-corrected chi connectivity index (χ0v) is 20.6. The lowest BCUT2D eigenvalue weighted by molar-refractivity contribution is -0.140. The van der Waals surface area contributed by atoms with Crippen molar-refractivity contribution in [2.75, 3.05) is 37.9 Å². The van der Waals surface area contributed by atoms with E-state index in [0.717, 1.165) is 35.8 Å². The van der Waals surface area contributed by atoms with E-state index in [1.165, 1.54) is 6.92 Å². The van der Waals surface area contributed by atoms with Crippen molar-refractivity contribution >= 4 is 27.9 Å². The first-order chi connectivity index (χ1) is 17.0. The number of anilines is 1. The molecule has 1 heterocycles. The number of aliphatic hydroxyl groups is 1. The lowest BCUT2D eigenvalue weighted by Crippen LogP contribution is -2.35. The van der Waals surface area contributed by atoms with Gasteiger partial charge < -0.3 is 14.6 Å². The fourth-order valence-electron chi connectivity index (χ4n) is 3.82. The average Bonchev–Trinajstić information content (AvgIpc) is 2.85. The van der Waals surface area contributed by atoms with Crippen LogP contribution in [0.3, 0.4) is 0 Å². The van der Waals surface area contributed by atoms with Crippen molar-refractivity contribution in [3.8, 4) is 0 Å². The number of benzene rings is 2. The van der Waals surface area contributed by atoms with Crippen LogP contribution in [-0.4, -0.2) is 63.7 Å². The number of hydrazone groups is 1. The third kappa shape index (κ3) is 6.13. The second-order valence-electron chi connectivity index (χ2n) is 7.94. The summed E-state index contributed by atoms with van der Waals surface area (Å²) >= 11 is 0. The first kappa shape index (κ1) is 27.8. The molecule has 8 nitrogen and oxygen atoms in total. The zero-order valence-electron chi connectivity index (χ0n) is 19.7. The van der Waals surface area contributed by atoms with Crippen molar-refractivity contribution < 1.29 is 36.2 Å². The lowest BCUT2D eigenvalue weighted by atomic mass is 10.1. The molecule has 196 valence electrons. The van der Waals surface area contributed by atoms with Crippen molar-refractivity contribution in [3.63, 3.8) is 0 Å². The van der Waals surface area contributed by atoms with Gasteiger partial charge in [0, 0.05) is 38.5 Å². The molecule has 0 radical (unpaired) electrons. The summed E-state index contributed by atoms with van der Waals surface area (Å²) in [7, 11) is -4.99. The predicted octanol–water partition coefficient (Wildman–Crippen LogP) is 3.72. The maximum absolute atomic E-state index is 13.8. The van der Waals surface area contributed by atoms with Gasteiger partial charge in [0.2, 0.25) is 9.84 Å². The van der Waals surface area contributed by atoms with Gasteiger partial charge in [-0.3, -0.25) is 4.90 Å². The lowest BCUT2D eigenvalue weighted by Gasteiger charge is -2.27. The van der Waals surface area contributed by atoms with Crippen LogP contribution in [0.5, 0.6) is 0 Å². The SMILES string of the molecule is C=NN(C(=C)c1cccc(C(F)(F)F)c1S(=O)(=O)C(O)OCC)c1ccc(CN2CCOCC2)cc1. The molecule has 0 amide bonds. The minimum absolute atomic E-state index is 0.181. The average molecular weight is 528 g/mol. The van der Waals surface area contributed by atoms with Crippen molar-refractivity contribution in [1.82, 2.24) is 4.90 Å². The number of hydrogen-bond donors (Lipinski definition) is 1. The van der Waals surface area contributed by atoms with Crippen molar-refractivity contribution in [1.29, 1.82) is 0 Å². The molecular formula is C24H28F3N3O5S. The summed E-state index contributed by atoms with van der Waals surface area (Å²) in [5, 5.41) is 15.0. The van der Waals surface area contributed by atoms with Crippen molar-refractivity contribution in [2.24, 2.45) is 5.10 Å². The highest BCUT2D eigenvalue weighted by Crippen LogP contribution is 2.40. The maximum atomic E-state index is 13.8. The quantitative estimate of drug-likeness (QED) is 0.286. The number of sulfone groups is 1. The molecule has 12 heteroatoms. The maximum Gasteiger partial charge on any atom is 0.417 e. The number of morpholine rings is 1. The summed E-state index contributed by atoms with van der Waals surface area (Å²) < 4.78 is 77.6. The minimum Gasteiger partial charge on any atom is -0.379 e. The van der Waals surface area contributed by atoms with E-state index in [4.69, 9.17) is 9.47 Å². The highest BCUT2D eigenvalue weighted by molar-refractivity contribution is 7.91. The molecule has 0 spiro atoms. The van der Waals surface area contributed by atoms with E-state index in [1.54, 1.807) is 12.1 Å². The molecule has 1 unspecified atom stereocenters. The molecule has 0 saturated carbocycles. The van der Waals surface area contributed by atoms with Crippen LogP contribution < -0.4 is 5.01 Å². The molecule has 36 heavy (non-hydrogen) atoms. The number of ether oxygens (including phenoxy) is 2. The molecule has 1 aliphatic rings. The Morgan fingerprint density at radius 2 is 1.86 bits per heavy atom. The Labute approximate surface area is 208 Å². The van der Waals surface area contributed by atoms with Crippen LogP contribution in [0.15, 0.2) is 59.0 Å². The number of aliphatic hydroxyl groups excluding tert-OH is 1. The van der Waals surface area contributed by atoms with Crippen LogP contribution in [0.25, 0.3) is 5.70 Å². The second kappa shape index (κ2) is 11.5. The molecule has 1 saturated heterocycles. The van der Waals surface area contributed by atoms with E-state index < -0.39 is 37.7 Å². The Hall–Kier alpha value is -2.77. The Kier molecular flexibility index (Phi) is 8.90. The number of nitrogens with zero attached hydrogens (tertiary/aromatic N) is 3. The molecule has 1 aliphatic heterocycles. The van der Waals surface area contributed by atoms with Gasteiger partial charge in [0.15, 0.2) is 0 Å². The van der Waals surface area contributed by atoms with E-state index in [0.29, 0.717) is 31.5 Å². The standard InChI is InChI=1S/C24H28F3N3O5S/c1-4-35-23(31)36(32,33)22-20(6-5-7-21(22)24(25,26)27)17(2)30(28-3)19-10-8-18(9-11-19)16-29-12-14-34-15-13-29/h5-11,23,31H,2-4,12-16H2,1H3. The smallest absolute Gasteiger partial charge is 0.379 e. The van der Waals surface area contributed by atoms with Gasteiger partial charge in [-0.15, -0.1) is 0 Å². The van der Waals surface area contributed by atoms with E-state index in [2.05, 4.69) is 23.3 Å². The summed E-state index contributed by atoms with van der Waals surface area (Å²) in [6.45, 7) is 12.1. The number of hydrogen-bond acceptors (Lipinski definition) is 8. The topological polar surface area (TPSA) is 91.7 Å². The van der Waals surface area contributed by atoms with Gasteiger partial charge >= 0.3 is 6.18 Å². The summed E-state index contributed by atoms with van der Waals surface area (Å²) in [4.78, 5) is 1.07. The van der Waals surface area contributed by atoms with Gasteiger partial charge in [-0.05, 0) is 30.7 Å². The van der Waals surface area contributed by atoms with Gasteiger partial charge in [-0.25, -0.2) is 13.4 Å². The van der Waals surface area contributed by atoms with Crippen LogP contribution in [-0.2, 0) is 32.0 Å². The monoisotopic (exact) mass is 527 g/mol. The molecule has 2 aromatic rings. The van der Waals surface area contributed by atoms with Crippen molar-refractivity contribution in [2.45, 2.75) is 30.2 Å². The van der Waals surface area contributed by atoms with Crippen LogP contribution in [0.2, 0.25) is 0 Å². The summed E-state index contributed by atoms with van der Waals surface area (Å²) in [5.41, 5.74) is -3.12. The Morgan fingerprint density at radius 3 is 2.42 bits per heavy atom. The van der Waals surface area contributed by atoms with E-state index in [1.807, 2.05) is 12.1 Å². The fourth-order valence-corrected chi connectivity index (χ4v) is 5.32. The number of alkyl halides is 3. The van der Waals surface area contributed by atoms with Gasteiger partial charge in [0.1, 0.15) is 0 Å². The Morgan fingerprint density at radius 1 is 1.22 bits per heavy atom. The first-order valence-electron chi connectivity index (χ1n) is 11.1. The van der Waals surface area contributed by atoms with E-state index in [-0.39, 0.29) is 12.3 Å². The molecule has 3 rings (SSSR count).